The molecule has 0 unspecified atom stereocenters. The van der Waals surface area contributed by atoms with E-state index in [2.05, 4.69) is 41.8 Å². The fourth-order valence-electron chi connectivity index (χ4n) is 3.16. The number of nitrogens with zero attached hydrogens (tertiary/aromatic N) is 2. The molecule has 164 valence electrons. The summed E-state index contributed by atoms with van der Waals surface area (Å²) in [6.45, 7) is 0. The van der Waals surface area contributed by atoms with Crippen LogP contribution in [0.25, 0.3) is 33.5 Å². The molecule has 1 heterocycles. The van der Waals surface area contributed by atoms with Gasteiger partial charge in [-0.3, -0.25) is 0 Å². The molecule has 0 bridgehead atoms. The first-order valence-corrected chi connectivity index (χ1v) is 10.5. The van der Waals surface area contributed by atoms with Gasteiger partial charge in [-0.1, -0.05) is 24.3 Å². The summed E-state index contributed by atoms with van der Waals surface area (Å²) in [6.07, 6.45) is -9.19. The molecule has 10 heteroatoms. The van der Waals surface area contributed by atoms with Gasteiger partial charge in [0.25, 0.3) is 0 Å². The van der Waals surface area contributed by atoms with E-state index in [0.717, 1.165) is 24.3 Å². The zero-order valence-electron chi connectivity index (χ0n) is 15.7. The van der Waals surface area contributed by atoms with Crippen LogP contribution in [0.1, 0.15) is 11.1 Å². The number of rotatable bonds is 2. The minimum Gasteiger partial charge on any atom is -0.243 e. The second-order valence-corrected chi connectivity index (χ2v) is 8.51. The van der Waals surface area contributed by atoms with Gasteiger partial charge in [-0.05, 0) is 68.3 Å². The van der Waals surface area contributed by atoms with E-state index in [1.54, 1.807) is 12.1 Å². The van der Waals surface area contributed by atoms with Crippen molar-refractivity contribution in [1.82, 2.24) is 9.97 Å². The van der Waals surface area contributed by atoms with Crippen LogP contribution in [-0.2, 0) is 12.4 Å². The highest BCUT2D eigenvalue weighted by molar-refractivity contribution is 9.11. The van der Waals surface area contributed by atoms with E-state index in [9.17, 15) is 26.3 Å². The van der Waals surface area contributed by atoms with Gasteiger partial charge in [0.2, 0.25) is 0 Å². The van der Waals surface area contributed by atoms with E-state index in [-0.39, 0.29) is 22.5 Å². The summed E-state index contributed by atoms with van der Waals surface area (Å²) in [6, 6.07) is 12.2. The van der Waals surface area contributed by atoms with Crippen LogP contribution in [0.15, 0.2) is 69.6 Å². The lowest BCUT2D eigenvalue weighted by molar-refractivity contribution is -0.138. The Morgan fingerprint density at radius 3 is 1.28 bits per heavy atom. The maximum absolute atomic E-state index is 13.3. The molecule has 4 rings (SSSR count). The Morgan fingerprint density at radius 1 is 0.562 bits per heavy atom. The van der Waals surface area contributed by atoms with Crippen LogP contribution in [0, 0.1) is 0 Å². The first-order valence-electron chi connectivity index (χ1n) is 8.96. The predicted molar refractivity (Wildman–Crippen MR) is 116 cm³/mol. The molecule has 1 aromatic heterocycles. The Bertz CT molecular complexity index is 1230. The van der Waals surface area contributed by atoms with Crippen molar-refractivity contribution < 1.29 is 26.3 Å². The van der Waals surface area contributed by atoms with Gasteiger partial charge in [0.15, 0.2) is 0 Å². The van der Waals surface area contributed by atoms with Gasteiger partial charge in [0, 0.05) is 20.1 Å². The fraction of sp³-hybridized carbons (Fsp3) is 0.0909. The van der Waals surface area contributed by atoms with Crippen LogP contribution in [-0.4, -0.2) is 9.97 Å². The molecule has 0 saturated carbocycles. The van der Waals surface area contributed by atoms with Gasteiger partial charge >= 0.3 is 12.4 Å². The molecule has 2 nitrogen and oxygen atoms in total. The highest BCUT2D eigenvalue weighted by atomic mass is 79.9. The zero-order valence-corrected chi connectivity index (χ0v) is 18.9. The molecule has 0 N–H and O–H groups in total. The van der Waals surface area contributed by atoms with Crippen LogP contribution in [0.5, 0.6) is 0 Å². The topological polar surface area (TPSA) is 25.8 Å². The first kappa shape index (κ1) is 22.7. The highest BCUT2D eigenvalue weighted by Crippen LogP contribution is 2.39. The van der Waals surface area contributed by atoms with Gasteiger partial charge < -0.3 is 0 Å². The minimum atomic E-state index is -4.60. The fourth-order valence-corrected chi connectivity index (χ4v) is 3.98. The third kappa shape index (κ3) is 4.38. The molecule has 4 aromatic rings. The number of alkyl halides is 6. The third-order valence-electron chi connectivity index (χ3n) is 4.65. The largest absolute Gasteiger partial charge is 0.416 e. The van der Waals surface area contributed by atoms with Crippen molar-refractivity contribution in [3.63, 3.8) is 0 Å². The Kier molecular flexibility index (Phi) is 5.79. The van der Waals surface area contributed by atoms with Gasteiger partial charge in [-0.15, -0.1) is 0 Å². The monoisotopic (exact) mass is 574 g/mol. The number of halogens is 8. The zero-order chi connectivity index (χ0) is 23.3. The van der Waals surface area contributed by atoms with Crippen molar-refractivity contribution in [2.24, 2.45) is 0 Å². The van der Waals surface area contributed by atoms with E-state index in [0.29, 0.717) is 20.0 Å². The van der Waals surface area contributed by atoms with Gasteiger partial charge in [0.05, 0.1) is 22.5 Å². The lowest BCUT2D eigenvalue weighted by atomic mass is 10.00. The van der Waals surface area contributed by atoms with Crippen molar-refractivity contribution in [2.45, 2.75) is 12.4 Å². The van der Waals surface area contributed by atoms with Crippen molar-refractivity contribution in [1.29, 1.82) is 0 Å². The molecule has 0 aliphatic rings. The lowest BCUT2D eigenvalue weighted by Gasteiger charge is -2.15. The third-order valence-corrected chi connectivity index (χ3v) is 5.93. The van der Waals surface area contributed by atoms with E-state index >= 15 is 0 Å². The highest BCUT2D eigenvalue weighted by Gasteiger charge is 2.32. The van der Waals surface area contributed by atoms with E-state index < -0.39 is 23.5 Å². The normalized spacial score (nSPS) is 12.4. The quantitative estimate of drug-likeness (QED) is 0.224. The number of benzene rings is 3. The number of hydrogen-bond acceptors (Lipinski definition) is 2. The first-order chi connectivity index (χ1) is 14.9. The Hall–Kier alpha value is -2.46. The molecular formula is C22H10Br2F6N2. The summed E-state index contributed by atoms with van der Waals surface area (Å²) in [4.78, 5) is 9.02. The maximum Gasteiger partial charge on any atom is 0.416 e. The molecule has 0 spiro atoms. The molecule has 0 aliphatic carbocycles. The molecule has 0 aliphatic heterocycles. The molecule has 0 radical (unpaired) electrons. The molecule has 32 heavy (non-hydrogen) atoms. The standard InChI is InChI=1S/C22H10Br2F6N2/c23-15-7-8-16(24)20-19(15)31-17(11-3-1-5-13(9-11)21(25,26)27)18(32-20)12-4-2-6-14(10-12)22(28,29)30/h1-10H. The summed E-state index contributed by atoms with van der Waals surface area (Å²) in [5.41, 5.74) is -0.893. The van der Waals surface area contributed by atoms with Crippen LogP contribution in [0.2, 0.25) is 0 Å². The predicted octanol–water partition coefficient (Wildman–Crippen LogP) is 8.53. The summed E-state index contributed by atoms with van der Waals surface area (Å²) in [7, 11) is 0. The maximum atomic E-state index is 13.3. The van der Waals surface area contributed by atoms with E-state index in [1.165, 1.54) is 24.3 Å². The summed E-state index contributed by atoms with van der Waals surface area (Å²) in [5, 5.41) is 0. The van der Waals surface area contributed by atoms with Crippen LogP contribution in [0.4, 0.5) is 26.3 Å². The Balaban J connectivity index is 2.05. The smallest absolute Gasteiger partial charge is 0.243 e. The molecule has 3 aromatic carbocycles. The minimum absolute atomic E-state index is 0.0294. The van der Waals surface area contributed by atoms with E-state index in [1.807, 2.05) is 0 Å². The molecule has 0 saturated heterocycles. The van der Waals surface area contributed by atoms with Crippen LogP contribution in [0.3, 0.4) is 0 Å². The summed E-state index contributed by atoms with van der Waals surface area (Å²) in [5.74, 6) is 0. The molecular weight excluding hydrogens is 566 g/mol. The summed E-state index contributed by atoms with van der Waals surface area (Å²) < 4.78 is 80.8. The van der Waals surface area contributed by atoms with Crippen molar-refractivity contribution in [3.8, 4) is 22.5 Å². The molecule has 0 atom stereocenters. The van der Waals surface area contributed by atoms with Gasteiger partial charge in [0.1, 0.15) is 11.0 Å². The van der Waals surface area contributed by atoms with E-state index in [4.69, 9.17) is 0 Å². The molecule has 0 amide bonds. The average Bonchev–Trinajstić information content (AvgIpc) is 2.75. The lowest BCUT2D eigenvalue weighted by Crippen LogP contribution is -2.06. The number of hydrogen-bond donors (Lipinski definition) is 0. The Labute approximate surface area is 194 Å². The van der Waals surface area contributed by atoms with Crippen molar-refractivity contribution in [3.05, 3.63) is 80.7 Å². The van der Waals surface area contributed by atoms with Crippen molar-refractivity contribution in [2.75, 3.05) is 0 Å². The molecule has 0 fully saturated rings. The SMILES string of the molecule is FC(F)(F)c1cccc(-c2nc3c(Br)ccc(Br)c3nc2-c2cccc(C(F)(F)F)c2)c1. The van der Waals surface area contributed by atoms with Crippen LogP contribution >= 0.6 is 31.9 Å². The average molecular weight is 576 g/mol. The Morgan fingerprint density at radius 2 is 0.938 bits per heavy atom. The second kappa shape index (κ2) is 8.15. The van der Waals surface area contributed by atoms with Crippen LogP contribution < -0.4 is 0 Å². The number of aromatic nitrogens is 2. The second-order valence-electron chi connectivity index (χ2n) is 6.80. The summed E-state index contributed by atoms with van der Waals surface area (Å²) >= 11 is 6.70. The number of fused-ring (bicyclic) bond motifs is 1. The van der Waals surface area contributed by atoms with Gasteiger partial charge in [-0.2, -0.15) is 26.3 Å². The van der Waals surface area contributed by atoms with Gasteiger partial charge in [-0.25, -0.2) is 9.97 Å². The van der Waals surface area contributed by atoms with Crippen molar-refractivity contribution >= 4 is 42.9 Å².